The summed E-state index contributed by atoms with van der Waals surface area (Å²) >= 11 is 0. The molecule has 3 atom stereocenters. The van der Waals surface area contributed by atoms with Crippen LogP contribution in [-0.2, 0) is 19.3 Å². The molecular formula is C72H78N12O6. The van der Waals surface area contributed by atoms with Gasteiger partial charge in [0.05, 0.1) is 58.6 Å². The minimum atomic E-state index is -2.46. The average molecular weight is 1230 g/mol. The van der Waals surface area contributed by atoms with Gasteiger partial charge in [-0.05, 0) is 207 Å². The molecule has 3 aliphatic carbocycles. The highest BCUT2D eigenvalue weighted by Crippen LogP contribution is 2.42. The maximum atomic E-state index is 8.53. The van der Waals surface area contributed by atoms with Crippen LogP contribution in [0.5, 0.6) is 17.2 Å². The van der Waals surface area contributed by atoms with Crippen molar-refractivity contribution in [2.24, 2.45) is 0 Å². The molecule has 0 saturated carbocycles. The van der Waals surface area contributed by atoms with Gasteiger partial charge in [-0.25, -0.2) is 14.5 Å². The van der Waals surface area contributed by atoms with Gasteiger partial charge in [0.15, 0.2) is 0 Å². The highest BCUT2D eigenvalue weighted by atomic mass is 16.5. The van der Waals surface area contributed by atoms with Gasteiger partial charge < -0.3 is 43.7 Å². The number of benzene rings is 6. The third kappa shape index (κ3) is 14.6. The first-order valence-electron chi connectivity index (χ1n) is 41.8. The molecule has 0 saturated heterocycles. The number of fused-ring (bicyclic) bond motifs is 3. The fourth-order valence-electron chi connectivity index (χ4n) is 9.94. The Kier molecular flexibility index (Phi) is 12.6. The summed E-state index contributed by atoms with van der Waals surface area (Å²) in [4.78, 5) is 22.9. The Hall–Kier alpha value is -9.51. The summed E-state index contributed by atoms with van der Waals surface area (Å²) in [7, 11) is 0. The lowest BCUT2D eigenvalue weighted by molar-refractivity contribution is 0.244. The average Bonchev–Trinajstić information content (AvgIpc) is 1.58. The normalized spacial score (nSPS) is 20.0. The van der Waals surface area contributed by atoms with Crippen LogP contribution in [0.2, 0.25) is 0 Å². The zero-order chi connectivity index (χ0) is 86.1. The lowest BCUT2D eigenvalue weighted by Gasteiger charge is -2.13. The second-order valence-electron chi connectivity index (χ2n) is 21.0. The summed E-state index contributed by atoms with van der Waals surface area (Å²) in [6, 6.07) is -8.21. The van der Waals surface area contributed by atoms with Crippen molar-refractivity contribution in [1.82, 2.24) is 46.4 Å². The van der Waals surface area contributed by atoms with Crippen molar-refractivity contribution < 1.29 is 63.4 Å². The van der Waals surface area contributed by atoms with Crippen LogP contribution in [0.4, 0.5) is 17.1 Å². The monoisotopic (exact) mass is 1230 g/mol. The molecule has 0 aliphatic heterocycles. The third-order valence-corrected chi connectivity index (χ3v) is 13.7. The minimum Gasteiger partial charge on any atom is -0.502 e. The van der Waals surface area contributed by atoms with E-state index in [4.69, 9.17) is 83.1 Å². The molecule has 6 aromatic carbocycles. The molecule has 0 bridgehead atoms. The summed E-state index contributed by atoms with van der Waals surface area (Å²) in [5, 5.41) is 20.4. The van der Waals surface area contributed by atoms with E-state index in [1.54, 1.807) is 48.5 Å². The fourth-order valence-corrected chi connectivity index (χ4v) is 9.94. The van der Waals surface area contributed by atoms with Crippen LogP contribution in [0.1, 0.15) is 188 Å². The van der Waals surface area contributed by atoms with Gasteiger partial charge in [-0.15, -0.1) is 0 Å². The van der Waals surface area contributed by atoms with Gasteiger partial charge in [0, 0.05) is 66.6 Å². The second-order valence-corrected chi connectivity index (χ2v) is 21.0. The number of aromatic nitrogens is 6. The van der Waals surface area contributed by atoms with Crippen molar-refractivity contribution in [2.75, 3.05) is 19.5 Å². The molecule has 3 aromatic heterocycles. The Balaban J connectivity index is 0.000000184. The molecular weight excluding hydrogens is 1130 g/mol. The molecule has 12 rings (SSSR count). The van der Waals surface area contributed by atoms with E-state index >= 15 is 0 Å². The second kappa shape index (κ2) is 29.7. The van der Waals surface area contributed by atoms with Crippen molar-refractivity contribution in [3.63, 3.8) is 0 Å². The molecule has 9 aromatic rings. The molecule has 18 heteroatoms. The molecule has 0 fully saturated rings. The van der Waals surface area contributed by atoms with Crippen LogP contribution in [0.25, 0.3) is 83.1 Å². The van der Waals surface area contributed by atoms with Crippen LogP contribution >= 0.6 is 0 Å². The van der Waals surface area contributed by atoms with Crippen LogP contribution in [-0.4, -0.2) is 68.3 Å². The molecule has 462 valence electrons. The van der Waals surface area contributed by atoms with Crippen molar-refractivity contribution in [3.05, 3.63) is 176 Å². The Morgan fingerprint density at radius 1 is 0.489 bits per heavy atom. The number of hydrogen-bond donors (Lipinski definition) is 3. The van der Waals surface area contributed by atoms with Crippen LogP contribution < -0.4 is 30.2 Å². The van der Waals surface area contributed by atoms with Crippen LogP contribution in [0.15, 0.2) is 122 Å². The van der Waals surface area contributed by atoms with Gasteiger partial charge in [0.25, 0.3) is 17.7 Å². The van der Waals surface area contributed by atoms with Crippen LogP contribution in [0, 0.1) is 19.7 Å². The summed E-state index contributed by atoms with van der Waals surface area (Å²) in [6.07, 6.45) is -2.40. The van der Waals surface area contributed by atoms with E-state index in [2.05, 4.69) is 60.9 Å². The Morgan fingerprint density at radius 3 is 1.14 bits per heavy atom. The van der Waals surface area contributed by atoms with E-state index in [1.165, 1.54) is 6.92 Å². The largest absolute Gasteiger partial charge is 0.502 e. The van der Waals surface area contributed by atoms with Gasteiger partial charge in [-0.3, -0.25) is 0 Å². The van der Waals surface area contributed by atoms with E-state index in [-0.39, 0.29) is 201 Å². The van der Waals surface area contributed by atoms with Crippen molar-refractivity contribution in [3.8, 4) is 85.8 Å². The molecule has 3 heterocycles. The number of ether oxygens (including phenoxy) is 3. The number of hydrogen-bond acceptors (Lipinski definition) is 15. The van der Waals surface area contributed by atoms with E-state index in [9.17, 15) is 0 Å². The fraction of sp³-hybridized carbons (Fsp3) is 0.375. The molecule has 90 heavy (non-hydrogen) atoms. The lowest BCUT2D eigenvalue weighted by Crippen LogP contribution is -2.19. The molecule has 3 N–H and O–H groups in total. The number of nitrogens with zero attached hydrogens (tertiary/aromatic N) is 9. The van der Waals surface area contributed by atoms with Crippen molar-refractivity contribution in [2.45, 2.75) is 156 Å². The Bertz CT molecular complexity index is 5530. The SMILES string of the molecule is [2H]c1c([2H])c(-c2noc(-c3c([2H])c([2H])c(OC(C)C)c([N+]#[C-])c3[2H])n2)c2c(c1[2H])[C@@H](NC([2H])([2H])C([2H])([2H])C)CC2.[2H]c1c([2H])c(-c2noc(-c3c([2H])c([2H])c(OC(C)C)c([N+]#[C-])c3[2H])n2)c2c(c1[2H])[C@@H](NC([2H])([2H])CC)CC2.[2H]c1c([2H])c(-c2noc(-c3c([2H])c([2H])c(OC(C)C)c([N+]#[C-])c3[2H])n2)c2c(c1[2H])[C@@H](NCC([2H])([2H])C)CC2. The summed E-state index contributed by atoms with van der Waals surface area (Å²) in [6.45, 7) is 32.8. The zero-order valence-corrected chi connectivity index (χ0v) is 50.6. The predicted molar refractivity (Wildman–Crippen MR) is 350 cm³/mol. The highest BCUT2D eigenvalue weighted by molar-refractivity contribution is 5.74. The maximum Gasteiger partial charge on any atom is 0.256 e. The Labute approximate surface area is 564 Å². The summed E-state index contributed by atoms with van der Waals surface area (Å²) < 4.78 is 248. The van der Waals surface area contributed by atoms with Gasteiger partial charge in [-0.2, -0.15) is 15.0 Å². The smallest absolute Gasteiger partial charge is 0.256 e. The topological polar surface area (TPSA) is 194 Å². The molecule has 3 aliphatic rings. The first-order valence-corrected chi connectivity index (χ1v) is 28.8. The molecule has 18 nitrogen and oxygen atoms in total. The predicted octanol–water partition coefficient (Wildman–Crippen LogP) is 17.2. The summed E-state index contributed by atoms with van der Waals surface area (Å²) in [5.74, 6) is -1.80. The zero-order valence-electron chi connectivity index (χ0n) is 76.6. The van der Waals surface area contributed by atoms with Gasteiger partial charge in [-0.1, -0.05) is 90.6 Å². The van der Waals surface area contributed by atoms with Gasteiger partial charge >= 0.3 is 0 Å². The maximum absolute atomic E-state index is 8.53. The van der Waals surface area contributed by atoms with Gasteiger partial charge in [0.2, 0.25) is 34.5 Å². The first-order chi connectivity index (χ1) is 54.1. The Morgan fingerprint density at radius 2 is 0.833 bits per heavy atom. The molecule has 0 spiro atoms. The van der Waals surface area contributed by atoms with E-state index in [0.717, 1.165) is 6.92 Å². The molecule has 0 radical (unpaired) electrons. The standard InChI is InChI=1S/3C24H26N4O2/c3*1-5-13-26-20-11-10-17-18(20)7-6-8-19(17)23-27-24(30-28-23)16-9-12-22(29-15(2)3)21(14-16)25-4/h3*6-9,12,14-15,20,26H,5,10-11,13H2,1-3H3/t3*20-/m000/s1/i5D2,6D,7D,8D,9D,12D,13D2,14D;6D,7D,8D,9D,12D,13D2,14D;5D2,6D,7D,8D,9D,12D,14D. The first kappa shape index (κ1) is 38.1. The van der Waals surface area contributed by atoms with Crippen LogP contribution in [0.3, 0.4) is 0 Å². The molecule has 0 unspecified atom stereocenters. The lowest BCUT2D eigenvalue weighted by atomic mass is 10.0. The van der Waals surface area contributed by atoms with E-state index < -0.39 is 104 Å². The van der Waals surface area contributed by atoms with E-state index in [0.29, 0.717) is 53.5 Å². The summed E-state index contributed by atoms with van der Waals surface area (Å²) in [5.41, 5.74) is 1.54. The van der Waals surface area contributed by atoms with Gasteiger partial charge in [0.1, 0.15) is 17.2 Å². The van der Waals surface area contributed by atoms with E-state index in [1.807, 2.05) is 0 Å². The van der Waals surface area contributed by atoms with Crippen molar-refractivity contribution >= 4 is 17.1 Å². The number of nitrogens with one attached hydrogen (secondary N) is 3. The molecule has 0 amide bonds. The highest BCUT2D eigenvalue weighted by Gasteiger charge is 2.30. The van der Waals surface area contributed by atoms with Crippen molar-refractivity contribution in [1.29, 1.82) is 0 Å². The number of rotatable bonds is 21. The minimum absolute atomic E-state index is 0.0438. The third-order valence-electron chi connectivity index (χ3n) is 13.7. The quantitative estimate of drug-likeness (QED) is 0.0575.